The van der Waals surface area contributed by atoms with Crippen LogP contribution in [0.2, 0.25) is 0 Å². The molecular formula is C9H13OP. The van der Waals surface area contributed by atoms with Gasteiger partial charge in [-0.05, 0) is 25.2 Å². The average Bonchev–Trinajstić information content (AvgIpc) is 2.04. The number of methoxy groups -OCH3 is 1. The number of hydrogen-bond acceptors (Lipinski definition) is 1. The molecule has 0 aliphatic rings. The monoisotopic (exact) mass is 168 g/mol. The van der Waals surface area contributed by atoms with Gasteiger partial charge in [-0.3, -0.25) is 0 Å². The number of hydrogen-bond donors (Lipinski definition) is 0. The van der Waals surface area contributed by atoms with Crippen molar-refractivity contribution in [1.82, 2.24) is 0 Å². The molecule has 11 heavy (non-hydrogen) atoms. The summed E-state index contributed by atoms with van der Waals surface area (Å²) in [4.78, 5) is 0. The fourth-order valence-electron chi connectivity index (χ4n) is 1.00. The van der Waals surface area contributed by atoms with Crippen LogP contribution in [0, 0.1) is 6.92 Å². The molecule has 0 saturated carbocycles. The fraction of sp³-hybridized carbons (Fsp3) is 0.333. The first-order chi connectivity index (χ1) is 5.27. The van der Waals surface area contributed by atoms with Crippen molar-refractivity contribution in [3.05, 3.63) is 23.8 Å². The summed E-state index contributed by atoms with van der Waals surface area (Å²) in [6.45, 7) is 4.23. The minimum atomic E-state index is 0.807. The Morgan fingerprint density at radius 1 is 1.36 bits per heavy atom. The Morgan fingerprint density at radius 3 is 2.64 bits per heavy atom. The summed E-state index contributed by atoms with van der Waals surface area (Å²) in [5, 5.41) is 1.30. The zero-order valence-electron chi connectivity index (χ0n) is 7.14. The molecule has 0 radical (unpaired) electrons. The zero-order chi connectivity index (χ0) is 8.27. The second-order valence-electron chi connectivity index (χ2n) is 2.45. The lowest BCUT2D eigenvalue weighted by atomic mass is 10.2. The average molecular weight is 168 g/mol. The van der Waals surface area contributed by atoms with E-state index in [1.165, 1.54) is 10.9 Å². The Labute approximate surface area is 69.6 Å². The topological polar surface area (TPSA) is 9.23 Å². The van der Waals surface area contributed by atoms with Crippen molar-refractivity contribution in [3.8, 4) is 5.75 Å². The molecule has 0 aliphatic heterocycles. The summed E-state index contributed by atoms with van der Waals surface area (Å²) in [7, 11) is 2.53. The Balaban J connectivity index is 3.06. The van der Waals surface area contributed by atoms with Crippen molar-refractivity contribution in [2.45, 2.75) is 6.92 Å². The van der Waals surface area contributed by atoms with E-state index in [1.54, 1.807) is 7.11 Å². The van der Waals surface area contributed by atoms with E-state index in [0.29, 0.717) is 0 Å². The van der Waals surface area contributed by atoms with Gasteiger partial charge in [-0.25, -0.2) is 0 Å². The highest BCUT2D eigenvalue weighted by molar-refractivity contribution is 7.46. The molecule has 1 aromatic carbocycles. The van der Waals surface area contributed by atoms with Gasteiger partial charge in [0.15, 0.2) is 0 Å². The minimum absolute atomic E-state index is 0.807. The molecule has 0 amide bonds. The van der Waals surface area contributed by atoms with Crippen molar-refractivity contribution in [2.24, 2.45) is 0 Å². The fourth-order valence-corrected chi connectivity index (χ4v) is 1.68. The van der Waals surface area contributed by atoms with Crippen LogP contribution in [-0.4, -0.2) is 13.8 Å². The molecule has 1 nitrogen and oxygen atoms in total. The largest absolute Gasteiger partial charge is 0.496 e. The summed E-state index contributed by atoms with van der Waals surface area (Å²) in [6.07, 6.45) is 0. The van der Waals surface area contributed by atoms with E-state index < -0.39 is 0 Å². The van der Waals surface area contributed by atoms with Crippen molar-refractivity contribution in [1.29, 1.82) is 0 Å². The molecule has 0 saturated heterocycles. The van der Waals surface area contributed by atoms with E-state index in [9.17, 15) is 0 Å². The maximum atomic E-state index is 5.22. The molecule has 0 bridgehead atoms. The zero-order valence-corrected chi connectivity index (χ0v) is 8.14. The standard InChI is InChI=1S/C9H13OP/c1-7-4-5-9(11-3)8(6-7)10-2/h4-6,11H,1-3H3. The van der Waals surface area contributed by atoms with Gasteiger partial charge in [-0.1, -0.05) is 20.7 Å². The summed E-state index contributed by atoms with van der Waals surface area (Å²) >= 11 is 0. The van der Waals surface area contributed by atoms with Crippen molar-refractivity contribution in [3.63, 3.8) is 0 Å². The van der Waals surface area contributed by atoms with Gasteiger partial charge in [0.25, 0.3) is 0 Å². The lowest BCUT2D eigenvalue weighted by Crippen LogP contribution is -2.00. The normalized spacial score (nSPS) is 10.8. The van der Waals surface area contributed by atoms with Gasteiger partial charge in [0.2, 0.25) is 0 Å². The minimum Gasteiger partial charge on any atom is -0.496 e. The third-order valence-electron chi connectivity index (χ3n) is 1.63. The molecule has 0 N–H and O–H groups in total. The molecule has 0 heterocycles. The molecule has 1 aromatic rings. The molecule has 0 aliphatic carbocycles. The van der Waals surface area contributed by atoms with Crippen LogP contribution >= 0.6 is 8.58 Å². The maximum absolute atomic E-state index is 5.22. The Kier molecular flexibility index (Phi) is 2.90. The summed E-state index contributed by atoms with van der Waals surface area (Å²) in [5.74, 6) is 1.02. The molecule has 1 atom stereocenters. The van der Waals surface area contributed by atoms with Gasteiger partial charge >= 0.3 is 0 Å². The summed E-state index contributed by atoms with van der Waals surface area (Å²) in [6, 6.07) is 6.33. The molecule has 1 rings (SSSR count). The van der Waals surface area contributed by atoms with Crippen LogP contribution in [0.25, 0.3) is 0 Å². The van der Waals surface area contributed by atoms with Crippen LogP contribution in [0.4, 0.5) is 0 Å². The Hall–Kier alpha value is -0.550. The van der Waals surface area contributed by atoms with Crippen LogP contribution in [0.5, 0.6) is 5.75 Å². The van der Waals surface area contributed by atoms with Crippen LogP contribution in [0.3, 0.4) is 0 Å². The molecular weight excluding hydrogens is 155 g/mol. The summed E-state index contributed by atoms with van der Waals surface area (Å²) < 4.78 is 5.22. The van der Waals surface area contributed by atoms with Crippen LogP contribution < -0.4 is 10.0 Å². The second-order valence-corrected chi connectivity index (χ2v) is 3.49. The highest BCUT2D eigenvalue weighted by Crippen LogP contribution is 2.17. The van der Waals surface area contributed by atoms with Gasteiger partial charge in [-0.2, -0.15) is 0 Å². The van der Waals surface area contributed by atoms with E-state index >= 15 is 0 Å². The molecule has 1 unspecified atom stereocenters. The molecule has 2 heteroatoms. The SMILES string of the molecule is COc1cc(C)ccc1PC. The van der Waals surface area contributed by atoms with E-state index in [-0.39, 0.29) is 0 Å². The Bertz CT molecular complexity index is 245. The first kappa shape index (κ1) is 8.55. The van der Waals surface area contributed by atoms with Gasteiger partial charge in [0.05, 0.1) is 7.11 Å². The van der Waals surface area contributed by atoms with Crippen LogP contribution in [0.15, 0.2) is 18.2 Å². The first-order valence-electron chi connectivity index (χ1n) is 3.60. The van der Waals surface area contributed by atoms with E-state index in [0.717, 1.165) is 14.3 Å². The van der Waals surface area contributed by atoms with Crippen LogP contribution in [-0.2, 0) is 0 Å². The highest BCUT2D eigenvalue weighted by atomic mass is 31.1. The smallest absolute Gasteiger partial charge is 0.126 e. The van der Waals surface area contributed by atoms with Crippen LogP contribution in [0.1, 0.15) is 5.56 Å². The third-order valence-corrected chi connectivity index (χ3v) is 2.58. The summed E-state index contributed by atoms with van der Waals surface area (Å²) in [5.41, 5.74) is 1.25. The first-order valence-corrected chi connectivity index (χ1v) is 5.10. The van der Waals surface area contributed by atoms with E-state index in [1.807, 2.05) is 0 Å². The number of benzene rings is 1. The van der Waals surface area contributed by atoms with Gasteiger partial charge in [-0.15, -0.1) is 0 Å². The maximum Gasteiger partial charge on any atom is 0.126 e. The number of rotatable bonds is 2. The molecule has 0 spiro atoms. The van der Waals surface area contributed by atoms with Gasteiger partial charge in [0.1, 0.15) is 5.75 Å². The van der Waals surface area contributed by atoms with Gasteiger partial charge in [0, 0.05) is 5.30 Å². The van der Waals surface area contributed by atoms with Crippen molar-refractivity contribution in [2.75, 3.05) is 13.8 Å². The quantitative estimate of drug-likeness (QED) is 0.613. The Morgan fingerprint density at radius 2 is 2.09 bits per heavy atom. The lowest BCUT2D eigenvalue weighted by Gasteiger charge is -2.06. The molecule has 60 valence electrons. The number of ether oxygens (including phenoxy) is 1. The van der Waals surface area contributed by atoms with Crippen molar-refractivity contribution >= 4 is 13.9 Å². The second kappa shape index (κ2) is 3.73. The van der Waals surface area contributed by atoms with E-state index in [2.05, 4.69) is 31.8 Å². The predicted octanol–water partition coefficient (Wildman–Crippen LogP) is 1.94. The third kappa shape index (κ3) is 1.94. The highest BCUT2D eigenvalue weighted by Gasteiger charge is 1.98. The predicted molar refractivity (Wildman–Crippen MR) is 51.6 cm³/mol. The van der Waals surface area contributed by atoms with Gasteiger partial charge < -0.3 is 4.74 Å². The molecule has 0 fully saturated rings. The number of aryl methyl sites for hydroxylation is 1. The van der Waals surface area contributed by atoms with E-state index in [4.69, 9.17) is 4.74 Å². The lowest BCUT2D eigenvalue weighted by molar-refractivity contribution is 0.418. The van der Waals surface area contributed by atoms with Crippen molar-refractivity contribution < 1.29 is 4.74 Å². The molecule has 0 aromatic heterocycles.